The van der Waals surface area contributed by atoms with Crippen LogP contribution in [0, 0.1) is 0 Å². The van der Waals surface area contributed by atoms with Gasteiger partial charge in [-0.15, -0.1) is 0 Å². The lowest BCUT2D eigenvalue weighted by Gasteiger charge is -2.05. The van der Waals surface area contributed by atoms with Gasteiger partial charge in [-0.25, -0.2) is 4.98 Å². The number of nitrogens with zero attached hydrogens (tertiary/aromatic N) is 1. The third-order valence-electron chi connectivity index (χ3n) is 2.95. The van der Waals surface area contributed by atoms with E-state index < -0.39 is 0 Å². The van der Waals surface area contributed by atoms with Crippen molar-refractivity contribution in [1.82, 2.24) is 10.3 Å². The van der Waals surface area contributed by atoms with Gasteiger partial charge in [-0.2, -0.15) is 0 Å². The summed E-state index contributed by atoms with van der Waals surface area (Å²) in [7, 11) is 1.90. The maximum Gasteiger partial charge on any atom is 0.211 e. The van der Waals surface area contributed by atoms with E-state index in [1.807, 2.05) is 20.2 Å². The second-order valence-electron chi connectivity index (χ2n) is 4.19. The molecule has 4 nitrogen and oxygen atoms in total. The minimum Gasteiger partial charge on any atom is -0.444 e. The quantitative estimate of drug-likeness (QED) is 0.827. The Morgan fingerprint density at radius 1 is 1.60 bits per heavy atom. The SMILES string of the molecule is CNC(C)c1ncc(C2COC(C)C2)o1. The Bertz CT molecular complexity index is 324. The molecule has 1 saturated heterocycles. The lowest BCUT2D eigenvalue weighted by atomic mass is 10.0. The zero-order valence-electron chi connectivity index (χ0n) is 9.49. The number of nitrogens with one attached hydrogen (secondary N) is 1. The van der Waals surface area contributed by atoms with Crippen LogP contribution in [0.2, 0.25) is 0 Å². The number of rotatable bonds is 3. The van der Waals surface area contributed by atoms with Gasteiger partial charge in [0.05, 0.1) is 24.9 Å². The van der Waals surface area contributed by atoms with Gasteiger partial charge < -0.3 is 14.5 Å². The first-order valence-corrected chi connectivity index (χ1v) is 5.45. The maximum absolute atomic E-state index is 5.71. The number of hydrogen-bond acceptors (Lipinski definition) is 4. The molecule has 0 aromatic carbocycles. The van der Waals surface area contributed by atoms with Gasteiger partial charge in [0.25, 0.3) is 0 Å². The highest BCUT2D eigenvalue weighted by molar-refractivity contribution is 5.05. The van der Waals surface area contributed by atoms with Crippen molar-refractivity contribution in [3.63, 3.8) is 0 Å². The van der Waals surface area contributed by atoms with Crippen LogP contribution in [0.4, 0.5) is 0 Å². The van der Waals surface area contributed by atoms with E-state index in [-0.39, 0.29) is 6.04 Å². The van der Waals surface area contributed by atoms with Gasteiger partial charge in [0.1, 0.15) is 5.76 Å². The molecule has 0 bridgehead atoms. The molecule has 4 heteroatoms. The fraction of sp³-hybridized carbons (Fsp3) is 0.727. The van der Waals surface area contributed by atoms with Crippen molar-refractivity contribution in [3.05, 3.63) is 17.8 Å². The molecule has 3 atom stereocenters. The van der Waals surface area contributed by atoms with Crippen LogP contribution in [0.25, 0.3) is 0 Å². The summed E-state index contributed by atoms with van der Waals surface area (Å²) in [6.45, 7) is 4.88. The summed E-state index contributed by atoms with van der Waals surface area (Å²) in [5, 5.41) is 3.11. The van der Waals surface area contributed by atoms with Crippen LogP contribution in [0.15, 0.2) is 10.6 Å². The molecule has 0 spiro atoms. The third-order valence-corrected chi connectivity index (χ3v) is 2.95. The molecule has 2 rings (SSSR count). The monoisotopic (exact) mass is 210 g/mol. The number of hydrogen-bond donors (Lipinski definition) is 1. The average molecular weight is 210 g/mol. The summed E-state index contributed by atoms with van der Waals surface area (Å²) in [5.74, 6) is 2.09. The van der Waals surface area contributed by atoms with Crippen LogP contribution in [-0.2, 0) is 4.74 Å². The Labute approximate surface area is 90.0 Å². The minimum absolute atomic E-state index is 0.165. The zero-order chi connectivity index (χ0) is 10.8. The van der Waals surface area contributed by atoms with E-state index in [4.69, 9.17) is 9.15 Å². The summed E-state index contributed by atoms with van der Waals surface area (Å²) in [6, 6.07) is 0.165. The van der Waals surface area contributed by atoms with E-state index in [0.717, 1.165) is 24.7 Å². The molecule has 1 fully saturated rings. The van der Waals surface area contributed by atoms with Gasteiger partial charge in [0, 0.05) is 5.92 Å². The lowest BCUT2D eigenvalue weighted by molar-refractivity contribution is 0.122. The van der Waals surface area contributed by atoms with Gasteiger partial charge in [0.15, 0.2) is 0 Å². The molecular formula is C11H18N2O2. The Balaban J connectivity index is 2.07. The smallest absolute Gasteiger partial charge is 0.211 e. The summed E-state index contributed by atoms with van der Waals surface area (Å²) < 4.78 is 11.2. The molecule has 1 aliphatic rings. The standard InChI is InChI=1S/C11H18N2O2/c1-7-4-9(6-14-7)10-5-13-11(15-10)8(2)12-3/h5,7-9,12H,4,6H2,1-3H3. The molecule has 0 radical (unpaired) electrons. The van der Waals surface area contributed by atoms with Gasteiger partial charge in [-0.3, -0.25) is 0 Å². The van der Waals surface area contributed by atoms with Crippen molar-refractivity contribution in [3.8, 4) is 0 Å². The van der Waals surface area contributed by atoms with Crippen molar-refractivity contribution >= 4 is 0 Å². The molecule has 2 heterocycles. The Kier molecular flexibility index (Phi) is 3.07. The van der Waals surface area contributed by atoms with Gasteiger partial charge in [0.2, 0.25) is 5.89 Å². The second kappa shape index (κ2) is 4.33. The van der Waals surface area contributed by atoms with Crippen molar-refractivity contribution in [2.45, 2.75) is 38.3 Å². The molecule has 1 aromatic heterocycles. The highest BCUT2D eigenvalue weighted by Gasteiger charge is 2.27. The molecule has 1 aliphatic heterocycles. The van der Waals surface area contributed by atoms with Crippen molar-refractivity contribution in [1.29, 1.82) is 0 Å². The largest absolute Gasteiger partial charge is 0.444 e. The van der Waals surface area contributed by atoms with E-state index >= 15 is 0 Å². The molecule has 0 saturated carbocycles. The Morgan fingerprint density at radius 2 is 2.40 bits per heavy atom. The topological polar surface area (TPSA) is 47.3 Å². The first-order valence-electron chi connectivity index (χ1n) is 5.45. The van der Waals surface area contributed by atoms with Crippen molar-refractivity contribution in [2.24, 2.45) is 0 Å². The molecular weight excluding hydrogens is 192 g/mol. The number of oxazole rings is 1. The van der Waals surface area contributed by atoms with E-state index in [0.29, 0.717) is 12.0 Å². The summed E-state index contributed by atoms with van der Waals surface area (Å²) in [5.41, 5.74) is 0. The van der Waals surface area contributed by atoms with E-state index in [9.17, 15) is 0 Å². The fourth-order valence-corrected chi connectivity index (χ4v) is 1.83. The average Bonchev–Trinajstić information content (AvgIpc) is 2.84. The normalized spacial score (nSPS) is 28.2. The second-order valence-corrected chi connectivity index (χ2v) is 4.19. The molecule has 1 aromatic rings. The van der Waals surface area contributed by atoms with Crippen LogP contribution >= 0.6 is 0 Å². The minimum atomic E-state index is 0.165. The van der Waals surface area contributed by atoms with Crippen LogP contribution in [0.5, 0.6) is 0 Å². The van der Waals surface area contributed by atoms with Crippen LogP contribution in [0.1, 0.15) is 43.9 Å². The molecule has 84 valence electrons. The lowest BCUT2D eigenvalue weighted by Crippen LogP contribution is -2.12. The highest BCUT2D eigenvalue weighted by Crippen LogP contribution is 2.30. The number of aromatic nitrogens is 1. The predicted octanol–water partition coefficient (Wildman–Crippen LogP) is 1.85. The molecule has 1 N–H and O–H groups in total. The zero-order valence-corrected chi connectivity index (χ0v) is 9.49. The Morgan fingerprint density at radius 3 is 3.00 bits per heavy atom. The Hall–Kier alpha value is -0.870. The summed E-state index contributed by atoms with van der Waals surface area (Å²) in [4.78, 5) is 4.27. The van der Waals surface area contributed by atoms with Crippen molar-refractivity contribution < 1.29 is 9.15 Å². The van der Waals surface area contributed by atoms with Crippen LogP contribution in [-0.4, -0.2) is 24.7 Å². The van der Waals surface area contributed by atoms with Crippen molar-refractivity contribution in [2.75, 3.05) is 13.7 Å². The van der Waals surface area contributed by atoms with E-state index in [2.05, 4.69) is 17.2 Å². The first-order chi connectivity index (χ1) is 7.20. The molecule has 15 heavy (non-hydrogen) atoms. The fourth-order valence-electron chi connectivity index (χ4n) is 1.83. The highest BCUT2D eigenvalue weighted by atomic mass is 16.5. The van der Waals surface area contributed by atoms with E-state index in [1.165, 1.54) is 0 Å². The number of ether oxygens (including phenoxy) is 1. The van der Waals surface area contributed by atoms with Crippen LogP contribution in [0.3, 0.4) is 0 Å². The van der Waals surface area contributed by atoms with E-state index in [1.54, 1.807) is 0 Å². The summed E-state index contributed by atoms with van der Waals surface area (Å²) >= 11 is 0. The third kappa shape index (κ3) is 2.21. The molecule has 0 aliphatic carbocycles. The van der Waals surface area contributed by atoms with Gasteiger partial charge >= 0.3 is 0 Å². The van der Waals surface area contributed by atoms with Crippen LogP contribution < -0.4 is 5.32 Å². The first kappa shape index (κ1) is 10.6. The molecule has 0 amide bonds. The predicted molar refractivity (Wildman–Crippen MR) is 56.7 cm³/mol. The maximum atomic E-state index is 5.71. The molecule has 3 unspecified atom stereocenters. The van der Waals surface area contributed by atoms with Gasteiger partial charge in [-0.1, -0.05) is 0 Å². The van der Waals surface area contributed by atoms with Gasteiger partial charge in [-0.05, 0) is 27.3 Å². The summed E-state index contributed by atoms with van der Waals surface area (Å²) in [6.07, 6.45) is 3.20.